The van der Waals surface area contributed by atoms with E-state index in [2.05, 4.69) is 274 Å². The van der Waals surface area contributed by atoms with Crippen LogP contribution in [0.15, 0.2) is 277 Å². The summed E-state index contributed by atoms with van der Waals surface area (Å²) in [5.74, 6) is 0.655. The number of benzene rings is 11. The molecular weight excluding hydrogens is 935 g/mol. The summed E-state index contributed by atoms with van der Waals surface area (Å²) in [5, 5.41) is 2.03. The van der Waals surface area contributed by atoms with Gasteiger partial charge < -0.3 is 9.32 Å². The van der Waals surface area contributed by atoms with Crippen LogP contribution in [0, 0.1) is 0 Å². The molecule has 2 aromatic heterocycles. The van der Waals surface area contributed by atoms with Crippen LogP contribution in [0.3, 0.4) is 0 Å². The topological polar surface area (TPSA) is 42.2 Å². The van der Waals surface area contributed by atoms with E-state index < -0.39 is 0 Å². The van der Waals surface area contributed by atoms with Crippen LogP contribution in [0.25, 0.3) is 111 Å². The van der Waals surface area contributed by atoms with Crippen LogP contribution < -0.4 is 4.90 Å². The maximum Gasteiger partial charge on any atom is 0.160 e. The van der Waals surface area contributed by atoms with Gasteiger partial charge >= 0.3 is 0 Å². The van der Waals surface area contributed by atoms with Gasteiger partial charge in [-0.05, 0) is 116 Å². The van der Waals surface area contributed by atoms with E-state index in [1.165, 1.54) is 33.4 Å². The second-order valence-electron chi connectivity index (χ2n) is 20.5. The van der Waals surface area contributed by atoms with Crippen molar-refractivity contribution in [1.82, 2.24) is 9.97 Å². The Kier molecular flexibility index (Phi) is 11.2. The largest absolute Gasteiger partial charge is 0.455 e. The molecule has 0 fully saturated rings. The summed E-state index contributed by atoms with van der Waals surface area (Å²) >= 11 is 0. The van der Waals surface area contributed by atoms with E-state index in [1.807, 2.05) is 18.2 Å². The Hall–Kier alpha value is -9.90. The quantitative estimate of drug-likeness (QED) is 0.137. The molecular formula is C73H51N3O. The van der Waals surface area contributed by atoms with Gasteiger partial charge in [-0.3, -0.25) is 0 Å². The van der Waals surface area contributed by atoms with E-state index >= 15 is 0 Å². The molecule has 0 unspecified atom stereocenters. The maximum atomic E-state index is 7.05. The number of furan rings is 1. The third kappa shape index (κ3) is 8.10. The van der Waals surface area contributed by atoms with Gasteiger partial charge in [0.25, 0.3) is 0 Å². The summed E-state index contributed by atoms with van der Waals surface area (Å²) in [4.78, 5) is 13.1. The lowest BCUT2D eigenvalue weighted by atomic mass is 9.82. The first-order valence-electron chi connectivity index (χ1n) is 26.4. The molecule has 0 atom stereocenters. The Labute approximate surface area is 448 Å². The van der Waals surface area contributed by atoms with Crippen molar-refractivity contribution >= 4 is 39.0 Å². The number of hydrogen-bond donors (Lipinski definition) is 0. The highest BCUT2D eigenvalue weighted by molar-refractivity contribution is 6.15. The van der Waals surface area contributed by atoms with E-state index in [0.717, 1.165) is 100 Å². The fraction of sp³-hybridized carbons (Fsp3) is 0.0411. The highest BCUT2D eigenvalue weighted by atomic mass is 16.3. The number of fused-ring (bicyclic) bond motifs is 6. The summed E-state index contributed by atoms with van der Waals surface area (Å²) in [5.41, 5.74) is 23.5. The molecule has 13 aromatic rings. The Morgan fingerprint density at radius 2 is 0.870 bits per heavy atom. The molecule has 77 heavy (non-hydrogen) atoms. The van der Waals surface area contributed by atoms with Gasteiger partial charge in [0.15, 0.2) is 5.82 Å². The molecule has 0 spiro atoms. The summed E-state index contributed by atoms with van der Waals surface area (Å²) in [6.07, 6.45) is 0. The predicted octanol–water partition coefficient (Wildman–Crippen LogP) is 19.8. The van der Waals surface area contributed by atoms with E-state index in [0.29, 0.717) is 5.82 Å². The first-order valence-corrected chi connectivity index (χ1v) is 26.4. The van der Waals surface area contributed by atoms with Gasteiger partial charge in [0.2, 0.25) is 0 Å². The maximum absolute atomic E-state index is 7.05. The van der Waals surface area contributed by atoms with Crippen LogP contribution in [0.1, 0.15) is 25.0 Å². The van der Waals surface area contributed by atoms with Gasteiger partial charge in [0, 0.05) is 55.4 Å². The van der Waals surface area contributed by atoms with Gasteiger partial charge in [-0.15, -0.1) is 0 Å². The fourth-order valence-electron chi connectivity index (χ4n) is 11.7. The first-order chi connectivity index (χ1) is 37.9. The predicted molar refractivity (Wildman–Crippen MR) is 320 cm³/mol. The summed E-state index contributed by atoms with van der Waals surface area (Å²) in [6.45, 7) is 4.69. The Morgan fingerprint density at radius 1 is 0.351 bits per heavy atom. The van der Waals surface area contributed by atoms with E-state index in [9.17, 15) is 0 Å². The van der Waals surface area contributed by atoms with Crippen molar-refractivity contribution < 1.29 is 4.42 Å². The lowest BCUT2D eigenvalue weighted by Crippen LogP contribution is -2.16. The van der Waals surface area contributed by atoms with Crippen molar-refractivity contribution in [2.75, 3.05) is 4.90 Å². The van der Waals surface area contributed by atoms with Crippen LogP contribution in [-0.2, 0) is 5.41 Å². The minimum absolute atomic E-state index is 0.155. The molecule has 4 nitrogen and oxygen atoms in total. The zero-order valence-electron chi connectivity index (χ0n) is 42.7. The van der Waals surface area contributed by atoms with Crippen molar-refractivity contribution in [3.63, 3.8) is 0 Å². The zero-order valence-corrected chi connectivity index (χ0v) is 42.7. The molecule has 0 N–H and O–H groups in total. The summed E-state index contributed by atoms with van der Waals surface area (Å²) < 4.78 is 7.05. The third-order valence-electron chi connectivity index (χ3n) is 15.5. The smallest absolute Gasteiger partial charge is 0.160 e. The number of hydrogen-bond acceptors (Lipinski definition) is 4. The van der Waals surface area contributed by atoms with Gasteiger partial charge in [-0.25, -0.2) is 9.97 Å². The molecule has 0 saturated carbocycles. The molecule has 2 heterocycles. The minimum atomic E-state index is -0.155. The SMILES string of the molecule is CC1(C)c2ccccc2-c2c(N(c3ccc(-c4ccccc4)cc3)c3cccc(-c4cccc5c4oc4cccc(-c6cc(-c7cc(-c8ccccc8)cc(-c8ccccc8)c7)nc(-c7ccccc7)n6)c45)c3)cccc21. The average Bonchev–Trinajstić information content (AvgIpc) is 4.18. The molecule has 0 radical (unpaired) electrons. The average molecular weight is 986 g/mol. The fourth-order valence-corrected chi connectivity index (χ4v) is 11.7. The van der Waals surface area contributed by atoms with Crippen LogP contribution in [-0.4, -0.2) is 9.97 Å². The van der Waals surface area contributed by atoms with Crippen molar-refractivity contribution in [3.05, 3.63) is 284 Å². The number of nitrogens with zero attached hydrogens (tertiary/aromatic N) is 3. The summed E-state index contributed by atoms with van der Waals surface area (Å²) in [7, 11) is 0. The Morgan fingerprint density at radius 3 is 1.57 bits per heavy atom. The van der Waals surface area contributed by atoms with Gasteiger partial charge in [0.05, 0.1) is 17.1 Å². The number of rotatable bonds is 10. The normalized spacial score (nSPS) is 12.4. The van der Waals surface area contributed by atoms with E-state index in [4.69, 9.17) is 14.4 Å². The molecule has 1 aliphatic carbocycles. The van der Waals surface area contributed by atoms with Crippen molar-refractivity contribution in [1.29, 1.82) is 0 Å². The Bertz CT molecular complexity index is 4280. The van der Waals surface area contributed by atoms with E-state index in [1.54, 1.807) is 0 Å². The second-order valence-corrected chi connectivity index (χ2v) is 20.5. The summed E-state index contributed by atoms with van der Waals surface area (Å²) in [6, 6.07) is 97.4. The number of para-hydroxylation sites is 1. The molecule has 0 amide bonds. The lowest BCUT2D eigenvalue weighted by Gasteiger charge is -2.29. The van der Waals surface area contributed by atoms with Crippen LogP contribution in [0.4, 0.5) is 17.1 Å². The monoisotopic (exact) mass is 985 g/mol. The van der Waals surface area contributed by atoms with Crippen molar-refractivity contribution in [3.8, 4) is 89.5 Å². The van der Waals surface area contributed by atoms with Crippen molar-refractivity contribution in [2.45, 2.75) is 19.3 Å². The van der Waals surface area contributed by atoms with Gasteiger partial charge in [0.1, 0.15) is 11.2 Å². The Balaban J connectivity index is 0.923. The molecule has 0 aliphatic heterocycles. The van der Waals surface area contributed by atoms with Crippen LogP contribution in [0.2, 0.25) is 0 Å². The number of aromatic nitrogens is 2. The first kappa shape index (κ1) is 45.7. The molecule has 0 bridgehead atoms. The second kappa shape index (κ2) is 18.8. The molecule has 14 rings (SSSR count). The minimum Gasteiger partial charge on any atom is -0.455 e. The molecule has 4 heteroatoms. The molecule has 1 aliphatic rings. The molecule has 0 saturated heterocycles. The molecule has 364 valence electrons. The van der Waals surface area contributed by atoms with Crippen molar-refractivity contribution in [2.24, 2.45) is 0 Å². The van der Waals surface area contributed by atoms with Gasteiger partial charge in [-0.1, -0.05) is 226 Å². The standard InChI is InChI=1S/C73H51N3O/c1-73(2)63-35-16-15-31-60(63)70-64(73)36-20-37-67(70)76(57-41-39-51(40-42-57)48-21-7-3-8-22-48)58-30-17-29-53(46-58)59-32-18-34-62-69-61(33-19-38-68(69)77-71(59)62)66-47-65(74-72(75-66)52-27-13-6-14-28-52)56-44-54(49-23-9-4-10-24-49)43-55(45-56)50-25-11-5-12-26-50/h3-47H,1-2H3. The third-order valence-corrected chi connectivity index (χ3v) is 15.5. The zero-order chi connectivity index (χ0) is 51.5. The highest BCUT2D eigenvalue weighted by Gasteiger charge is 2.38. The highest BCUT2D eigenvalue weighted by Crippen LogP contribution is 2.54. The van der Waals surface area contributed by atoms with Crippen LogP contribution in [0.5, 0.6) is 0 Å². The van der Waals surface area contributed by atoms with Gasteiger partial charge in [-0.2, -0.15) is 0 Å². The lowest BCUT2D eigenvalue weighted by molar-refractivity contribution is 0.660. The molecule has 11 aromatic carbocycles. The van der Waals surface area contributed by atoms with Crippen LogP contribution >= 0.6 is 0 Å². The van der Waals surface area contributed by atoms with E-state index in [-0.39, 0.29) is 5.41 Å². The number of anilines is 3.